The Morgan fingerprint density at radius 2 is 1.84 bits per heavy atom. The predicted octanol–water partition coefficient (Wildman–Crippen LogP) is 5.00. The summed E-state index contributed by atoms with van der Waals surface area (Å²) in [4.78, 5) is 3.22. The van der Waals surface area contributed by atoms with Crippen molar-refractivity contribution >= 4 is 10.1 Å². The number of hydrogen-bond donors (Lipinski definition) is 0. The van der Waals surface area contributed by atoms with Crippen LogP contribution in [0.1, 0.15) is 17.5 Å². The Morgan fingerprint density at radius 3 is 2.55 bits per heavy atom. The summed E-state index contributed by atoms with van der Waals surface area (Å²) in [7, 11) is -4.39. The minimum atomic E-state index is -4.67. The summed E-state index contributed by atoms with van der Waals surface area (Å²) < 4.78 is 89.1. The van der Waals surface area contributed by atoms with E-state index in [0.717, 1.165) is 42.8 Å². The second-order valence-corrected chi connectivity index (χ2v) is 8.38. The first-order valence-electron chi connectivity index (χ1n) is 9.17. The fourth-order valence-corrected chi connectivity index (χ4v) is 4.15. The van der Waals surface area contributed by atoms with Crippen LogP contribution in [0.2, 0.25) is 0 Å². The molecule has 0 atom stereocenters. The van der Waals surface area contributed by atoms with E-state index >= 15 is 0 Å². The number of aryl methyl sites for hydroxylation is 1. The molecule has 31 heavy (non-hydrogen) atoms. The van der Waals surface area contributed by atoms with Crippen LogP contribution in [-0.2, 0) is 22.7 Å². The van der Waals surface area contributed by atoms with Crippen LogP contribution in [0, 0.1) is 5.95 Å². The van der Waals surface area contributed by atoms with Crippen molar-refractivity contribution in [2.75, 3.05) is 6.61 Å². The molecule has 2 aromatic carbocycles. The van der Waals surface area contributed by atoms with E-state index in [-0.39, 0.29) is 21.8 Å². The van der Waals surface area contributed by atoms with E-state index in [2.05, 4.69) is 4.98 Å². The third kappa shape index (κ3) is 4.48. The first kappa shape index (κ1) is 21.1. The molecule has 0 unspecified atom stereocenters. The van der Waals surface area contributed by atoms with Crippen LogP contribution in [-0.4, -0.2) is 20.0 Å². The van der Waals surface area contributed by atoms with Gasteiger partial charge in [0.1, 0.15) is 10.6 Å². The molecule has 1 aliphatic heterocycles. The van der Waals surface area contributed by atoms with E-state index in [1.165, 1.54) is 18.2 Å². The van der Waals surface area contributed by atoms with Crippen LogP contribution in [0.4, 0.5) is 17.6 Å². The molecule has 2 heterocycles. The zero-order valence-corrected chi connectivity index (χ0v) is 16.6. The molecule has 0 radical (unpaired) electrons. The molecule has 3 aromatic rings. The van der Waals surface area contributed by atoms with E-state index in [0.29, 0.717) is 18.4 Å². The van der Waals surface area contributed by atoms with Crippen LogP contribution in [0.3, 0.4) is 0 Å². The van der Waals surface area contributed by atoms with Crippen molar-refractivity contribution in [2.45, 2.75) is 23.9 Å². The molecule has 10 heteroatoms. The third-order valence-electron chi connectivity index (χ3n) is 4.72. The van der Waals surface area contributed by atoms with E-state index in [9.17, 15) is 26.0 Å². The van der Waals surface area contributed by atoms with Crippen molar-refractivity contribution in [3.63, 3.8) is 0 Å². The zero-order chi connectivity index (χ0) is 22.2. The summed E-state index contributed by atoms with van der Waals surface area (Å²) in [6, 6.07) is 8.78. The van der Waals surface area contributed by atoms with E-state index in [1.54, 1.807) is 6.07 Å². The van der Waals surface area contributed by atoms with Gasteiger partial charge in [0.25, 0.3) is 0 Å². The number of pyridine rings is 1. The lowest BCUT2D eigenvalue weighted by molar-refractivity contribution is -0.137. The Hall–Kier alpha value is -3.14. The lowest BCUT2D eigenvalue weighted by Crippen LogP contribution is -2.14. The van der Waals surface area contributed by atoms with Gasteiger partial charge in [0.15, 0.2) is 5.75 Å². The average Bonchev–Trinajstić information content (AvgIpc) is 2.73. The molecule has 4 rings (SSSR count). The van der Waals surface area contributed by atoms with Gasteiger partial charge in [-0.3, -0.25) is 0 Å². The van der Waals surface area contributed by atoms with Gasteiger partial charge in [-0.05, 0) is 54.8 Å². The number of hydrogen-bond acceptors (Lipinski definition) is 5. The average molecular weight is 453 g/mol. The van der Waals surface area contributed by atoms with Gasteiger partial charge in [0, 0.05) is 23.4 Å². The lowest BCUT2D eigenvalue weighted by Gasteiger charge is -2.18. The van der Waals surface area contributed by atoms with Crippen molar-refractivity contribution in [3.8, 4) is 22.6 Å². The van der Waals surface area contributed by atoms with Crippen molar-refractivity contribution in [1.82, 2.24) is 4.98 Å². The monoisotopic (exact) mass is 453 g/mol. The van der Waals surface area contributed by atoms with Gasteiger partial charge in [0.2, 0.25) is 5.95 Å². The van der Waals surface area contributed by atoms with E-state index in [4.69, 9.17) is 8.92 Å². The molecule has 1 aromatic heterocycles. The summed E-state index contributed by atoms with van der Waals surface area (Å²) in [5.41, 5.74) is -0.289. The van der Waals surface area contributed by atoms with Gasteiger partial charge in [-0.2, -0.15) is 26.0 Å². The summed E-state index contributed by atoms with van der Waals surface area (Å²) in [6.07, 6.45) is -2.11. The molecule has 0 N–H and O–H groups in total. The van der Waals surface area contributed by atoms with Gasteiger partial charge >= 0.3 is 16.3 Å². The predicted molar refractivity (Wildman–Crippen MR) is 103 cm³/mol. The maximum absolute atomic E-state index is 13.2. The molecule has 0 aliphatic carbocycles. The molecule has 5 nitrogen and oxygen atoms in total. The molecule has 0 saturated heterocycles. The number of aromatic nitrogens is 1. The fourth-order valence-electron chi connectivity index (χ4n) is 3.18. The summed E-state index contributed by atoms with van der Waals surface area (Å²) in [5, 5.41) is 0. The van der Waals surface area contributed by atoms with Gasteiger partial charge in [-0.25, -0.2) is 4.98 Å². The number of nitrogens with zero attached hydrogens (tertiary/aromatic N) is 1. The van der Waals surface area contributed by atoms with Crippen molar-refractivity contribution in [2.24, 2.45) is 0 Å². The standard InChI is InChI=1S/C21H15F4NO4S/c22-20-8-4-14(12-26-20)17-10-15(21(23,24)25)5-7-18(17)30-31(27,28)16-6-3-13-2-1-9-29-19(13)11-16/h3-8,10-12H,1-2,9H2. The topological polar surface area (TPSA) is 65.5 Å². The number of halogens is 4. The fraction of sp³-hybridized carbons (Fsp3) is 0.190. The van der Waals surface area contributed by atoms with Crippen LogP contribution in [0.15, 0.2) is 59.6 Å². The normalized spacial score (nSPS) is 13.9. The molecule has 0 bridgehead atoms. The van der Waals surface area contributed by atoms with Crippen LogP contribution in [0.5, 0.6) is 11.5 Å². The Bertz CT molecular complexity index is 1230. The lowest BCUT2D eigenvalue weighted by atomic mass is 10.0. The third-order valence-corrected chi connectivity index (χ3v) is 5.95. The molecule has 1 aliphatic rings. The number of ether oxygens (including phenoxy) is 1. The molecule has 0 amide bonds. The maximum atomic E-state index is 13.2. The highest BCUT2D eigenvalue weighted by Crippen LogP contribution is 2.38. The Balaban J connectivity index is 1.75. The highest BCUT2D eigenvalue weighted by atomic mass is 32.2. The minimum absolute atomic E-state index is 0.0616. The summed E-state index contributed by atoms with van der Waals surface area (Å²) in [5.74, 6) is -0.758. The second-order valence-electron chi connectivity index (χ2n) is 6.84. The number of alkyl halides is 3. The smallest absolute Gasteiger partial charge is 0.416 e. The summed E-state index contributed by atoms with van der Waals surface area (Å²) >= 11 is 0. The summed E-state index contributed by atoms with van der Waals surface area (Å²) in [6.45, 7) is 0.456. The highest BCUT2D eigenvalue weighted by Gasteiger charge is 2.32. The Kier molecular flexibility index (Phi) is 5.34. The quantitative estimate of drug-likeness (QED) is 0.316. The SMILES string of the molecule is O=S(=O)(Oc1ccc(C(F)(F)F)cc1-c1ccc(F)nc1)c1ccc2c(c1)OCCC2. The maximum Gasteiger partial charge on any atom is 0.416 e. The van der Waals surface area contributed by atoms with Gasteiger partial charge < -0.3 is 8.92 Å². The molecule has 0 saturated carbocycles. The van der Waals surface area contributed by atoms with Crippen LogP contribution in [0.25, 0.3) is 11.1 Å². The number of fused-ring (bicyclic) bond motifs is 1. The second kappa shape index (κ2) is 7.84. The van der Waals surface area contributed by atoms with E-state index < -0.39 is 27.8 Å². The molecular formula is C21H15F4NO4S. The highest BCUT2D eigenvalue weighted by molar-refractivity contribution is 7.87. The molecular weight excluding hydrogens is 438 g/mol. The minimum Gasteiger partial charge on any atom is -0.493 e. The first-order chi connectivity index (χ1) is 14.6. The Labute approximate surface area is 175 Å². The van der Waals surface area contributed by atoms with Crippen LogP contribution < -0.4 is 8.92 Å². The van der Waals surface area contributed by atoms with Crippen molar-refractivity contribution in [3.05, 3.63) is 71.8 Å². The molecule has 0 spiro atoms. The van der Waals surface area contributed by atoms with Crippen LogP contribution >= 0.6 is 0 Å². The zero-order valence-electron chi connectivity index (χ0n) is 15.8. The van der Waals surface area contributed by atoms with Crippen molar-refractivity contribution in [1.29, 1.82) is 0 Å². The van der Waals surface area contributed by atoms with E-state index in [1.807, 2.05) is 0 Å². The van der Waals surface area contributed by atoms with Crippen molar-refractivity contribution < 1.29 is 34.9 Å². The number of rotatable bonds is 4. The van der Waals surface area contributed by atoms with Gasteiger partial charge in [-0.1, -0.05) is 6.07 Å². The molecule has 0 fully saturated rings. The largest absolute Gasteiger partial charge is 0.493 e. The number of benzene rings is 2. The van der Waals surface area contributed by atoms with Gasteiger partial charge in [-0.15, -0.1) is 0 Å². The van der Waals surface area contributed by atoms with Gasteiger partial charge in [0.05, 0.1) is 12.2 Å². The Morgan fingerprint density at radius 1 is 1.03 bits per heavy atom. The molecule has 162 valence electrons. The first-order valence-corrected chi connectivity index (χ1v) is 10.6.